The lowest BCUT2D eigenvalue weighted by molar-refractivity contribution is -0.853. The van der Waals surface area contributed by atoms with Crippen molar-refractivity contribution in [2.24, 2.45) is 47.3 Å². The minimum atomic E-state index is -0.552. The molecule has 0 aromatic heterocycles. The summed E-state index contributed by atoms with van der Waals surface area (Å²) in [6, 6.07) is 0. The highest BCUT2D eigenvalue weighted by Gasteiger charge is 2.56. The SMILES string of the molecule is CCC(=O)O[C@H]1C(CC)CC2C(OC(=O)CO/C=C/OOOOOOOOOOOCCOCC(=O)O[C@@H]3C(CC)CC4C3CC(CC)[C@@H]4OC(=O)CC)C(CC)CC21. The van der Waals surface area contributed by atoms with Gasteiger partial charge in [-0.15, -0.1) is 0 Å². The maximum atomic E-state index is 12.6. The van der Waals surface area contributed by atoms with E-state index in [2.05, 4.69) is 82.8 Å². The lowest BCUT2D eigenvalue weighted by Gasteiger charge is -2.25. The molecule has 59 heavy (non-hydrogen) atoms. The second-order valence-electron chi connectivity index (χ2n) is 15.0. The Balaban J connectivity index is 0.938. The Kier molecular flexibility index (Phi) is 21.5. The van der Waals surface area contributed by atoms with E-state index in [1.807, 2.05) is 0 Å². The fourth-order valence-corrected chi connectivity index (χ4v) is 9.31. The molecule has 9 unspecified atom stereocenters. The summed E-state index contributed by atoms with van der Waals surface area (Å²) in [7, 11) is 0. The average molecular weight is 853 g/mol. The molecule has 0 N–H and O–H groups in total. The average Bonchev–Trinajstić information content (AvgIpc) is 3.97. The molecular formula is C38H60O21. The Morgan fingerprint density at radius 1 is 0.441 bits per heavy atom. The molecule has 0 amide bonds. The van der Waals surface area contributed by atoms with Crippen LogP contribution in [-0.4, -0.2) is 74.7 Å². The summed E-state index contributed by atoms with van der Waals surface area (Å²) < 4.78 is 33.7. The summed E-state index contributed by atoms with van der Waals surface area (Å²) >= 11 is 0. The molecule has 0 heterocycles. The van der Waals surface area contributed by atoms with Crippen molar-refractivity contribution in [3.8, 4) is 0 Å². The van der Waals surface area contributed by atoms with Gasteiger partial charge >= 0.3 is 23.9 Å². The third kappa shape index (κ3) is 14.4. The maximum absolute atomic E-state index is 12.6. The Morgan fingerprint density at radius 3 is 1.22 bits per heavy atom. The molecule has 4 aliphatic rings. The van der Waals surface area contributed by atoms with Gasteiger partial charge in [-0.25, -0.2) is 14.5 Å². The van der Waals surface area contributed by atoms with Crippen molar-refractivity contribution >= 4 is 23.9 Å². The highest BCUT2D eigenvalue weighted by atomic mass is 17.9. The van der Waals surface area contributed by atoms with Gasteiger partial charge in [-0.3, -0.25) is 9.59 Å². The number of esters is 4. The van der Waals surface area contributed by atoms with Gasteiger partial charge in [0.2, 0.25) is 0 Å². The first-order chi connectivity index (χ1) is 28.7. The number of carbonyl (C=O) groups is 4. The van der Waals surface area contributed by atoms with E-state index in [-0.39, 0.29) is 110 Å². The Hall–Kier alpha value is -3.22. The van der Waals surface area contributed by atoms with Gasteiger partial charge in [0.15, 0.2) is 12.9 Å². The van der Waals surface area contributed by atoms with Crippen LogP contribution in [0.15, 0.2) is 12.5 Å². The lowest BCUT2D eigenvalue weighted by Crippen LogP contribution is -2.30. The summed E-state index contributed by atoms with van der Waals surface area (Å²) in [6.07, 6.45) is 8.51. The highest BCUT2D eigenvalue weighted by Crippen LogP contribution is 2.54. The van der Waals surface area contributed by atoms with E-state index in [0.717, 1.165) is 63.9 Å². The Morgan fingerprint density at radius 2 is 0.814 bits per heavy atom. The molecule has 0 aliphatic heterocycles. The van der Waals surface area contributed by atoms with Crippen molar-refractivity contribution in [2.75, 3.05) is 26.4 Å². The molecule has 0 aromatic carbocycles. The molecule has 4 rings (SSSR count). The van der Waals surface area contributed by atoms with Gasteiger partial charge in [-0.1, -0.05) is 41.5 Å². The van der Waals surface area contributed by atoms with Crippen LogP contribution in [-0.2, 0) is 103 Å². The molecule has 0 bridgehead atoms. The second-order valence-corrected chi connectivity index (χ2v) is 15.0. The second kappa shape index (κ2) is 26.2. The standard InChI is InChI=1S/C38H60O21/c1-7-23-17-29-27(35(23)47-31(39)11-5)19-25(9-3)37(29)49-33(41)21-43-13-15-45-51-53-55-57-59-58-56-54-52-46-16-14-44-22-34(42)50-38-26(10-4)20-28-30(38)18-24(8-2)36(28)48-32(40)12-6/h13,15,23-30,35-38H,7-12,14,16-22H2,1-6H3/b15-13+/t23?,24?,25?,26?,27?,28?,29?,30?,35-,36-,37?,38+/m0/s1. The zero-order valence-corrected chi connectivity index (χ0v) is 34.6. The number of ether oxygens (including phenoxy) is 6. The third-order valence-electron chi connectivity index (χ3n) is 11.9. The van der Waals surface area contributed by atoms with Crippen LogP contribution in [0.2, 0.25) is 0 Å². The summed E-state index contributed by atoms with van der Waals surface area (Å²) in [5.74, 6) is -0.0304. The van der Waals surface area contributed by atoms with E-state index < -0.39 is 11.9 Å². The third-order valence-corrected chi connectivity index (χ3v) is 11.9. The molecule has 4 fully saturated rings. The van der Waals surface area contributed by atoms with E-state index in [1.165, 1.54) is 0 Å². The van der Waals surface area contributed by atoms with E-state index >= 15 is 0 Å². The van der Waals surface area contributed by atoms with Gasteiger partial charge in [-0.05, 0) is 95.2 Å². The van der Waals surface area contributed by atoms with Crippen molar-refractivity contribution in [2.45, 2.75) is 130 Å². The van der Waals surface area contributed by atoms with Crippen LogP contribution in [0.4, 0.5) is 0 Å². The van der Waals surface area contributed by atoms with E-state index in [9.17, 15) is 19.2 Å². The minimum absolute atomic E-state index is 0.0529. The molecule has 0 saturated heterocycles. The van der Waals surface area contributed by atoms with Crippen LogP contribution >= 0.6 is 0 Å². The van der Waals surface area contributed by atoms with E-state index in [0.29, 0.717) is 12.8 Å². The number of carbonyl (C=O) groups excluding carboxylic acids is 4. The fraction of sp³-hybridized carbons (Fsp3) is 0.842. The number of hydrogen-bond acceptors (Lipinski definition) is 21. The molecule has 338 valence electrons. The first-order valence-corrected chi connectivity index (χ1v) is 20.6. The number of rotatable bonds is 29. The normalized spacial score (nSPS) is 30.9. The first kappa shape index (κ1) is 48.4. The van der Waals surface area contributed by atoms with Crippen LogP contribution < -0.4 is 0 Å². The van der Waals surface area contributed by atoms with Crippen molar-refractivity contribution in [3.05, 3.63) is 12.5 Å². The van der Waals surface area contributed by atoms with E-state index in [4.69, 9.17) is 28.4 Å². The zero-order valence-electron chi connectivity index (χ0n) is 34.6. The summed E-state index contributed by atoms with van der Waals surface area (Å²) in [5, 5.41) is 35.7. The lowest BCUT2D eigenvalue weighted by atomic mass is 9.92. The Labute approximate surface area is 342 Å². The van der Waals surface area contributed by atoms with Gasteiger partial charge in [0.25, 0.3) is 0 Å². The summed E-state index contributed by atoms with van der Waals surface area (Å²) in [5.41, 5.74) is 0. The van der Waals surface area contributed by atoms with Crippen LogP contribution in [0.5, 0.6) is 0 Å². The molecular weight excluding hydrogens is 792 g/mol. The van der Waals surface area contributed by atoms with Crippen LogP contribution in [0.25, 0.3) is 0 Å². The summed E-state index contributed by atoms with van der Waals surface area (Å²) in [4.78, 5) is 58.3. The zero-order chi connectivity index (χ0) is 42.6. The molecule has 21 nitrogen and oxygen atoms in total. The van der Waals surface area contributed by atoms with Crippen LogP contribution in [0, 0.1) is 47.3 Å². The Bertz CT molecular complexity index is 1300. The van der Waals surface area contributed by atoms with Crippen molar-refractivity contribution in [3.63, 3.8) is 0 Å². The topological polar surface area (TPSA) is 225 Å². The first-order valence-electron chi connectivity index (χ1n) is 20.6. The molecule has 0 radical (unpaired) electrons. The van der Waals surface area contributed by atoms with Gasteiger partial charge < -0.3 is 33.3 Å². The molecule has 0 spiro atoms. The van der Waals surface area contributed by atoms with E-state index in [1.54, 1.807) is 13.8 Å². The smallest absolute Gasteiger partial charge is 0.344 e. The van der Waals surface area contributed by atoms with Gasteiger partial charge in [-0.2, -0.15) is 0 Å². The molecule has 12 atom stereocenters. The van der Waals surface area contributed by atoms with Gasteiger partial charge in [0.1, 0.15) is 43.9 Å². The molecule has 4 saturated carbocycles. The van der Waals surface area contributed by atoms with Crippen molar-refractivity contribution in [1.29, 1.82) is 0 Å². The molecule has 4 aliphatic carbocycles. The van der Waals surface area contributed by atoms with Gasteiger partial charge in [0.05, 0.1) is 6.61 Å². The highest BCUT2D eigenvalue weighted by molar-refractivity contribution is 5.71. The predicted octanol–water partition coefficient (Wildman–Crippen LogP) is 5.48. The monoisotopic (exact) mass is 852 g/mol. The maximum Gasteiger partial charge on any atom is 0.344 e. The molecule has 21 heteroatoms. The van der Waals surface area contributed by atoms with Crippen molar-refractivity contribution < 1.29 is 103 Å². The fourth-order valence-electron chi connectivity index (χ4n) is 9.31. The number of hydrogen-bond donors (Lipinski definition) is 0. The van der Waals surface area contributed by atoms with Gasteiger partial charge in [0, 0.05) is 61.7 Å². The predicted molar refractivity (Wildman–Crippen MR) is 190 cm³/mol. The van der Waals surface area contributed by atoms with Crippen LogP contribution in [0.3, 0.4) is 0 Å². The molecule has 0 aromatic rings. The van der Waals surface area contributed by atoms with Crippen molar-refractivity contribution in [1.82, 2.24) is 0 Å². The minimum Gasteiger partial charge on any atom is -0.486 e. The van der Waals surface area contributed by atoms with Crippen LogP contribution in [0.1, 0.15) is 106 Å². The number of fused-ring (bicyclic) bond motifs is 2. The largest absolute Gasteiger partial charge is 0.486 e. The summed E-state index contributed by atoms with van der Waals surface area (Å²) in [6.45, 7) is 10.9. The quantitative estimate of drug-likeness (QED) is 0.0227.